The summed E-state index contributed by atoms with van der Waals surface area (Å²) in [6.45, 7) is 3.85. The molecule has 2 aliphatic heterocycles. The number of hydrogen-bond acceptors (Lipinski definition) is 5. The van der Waals surface area contributed by atoms with Crippen LogP contribution in [0, 0.1) is 5.92 Å². The zero-order valence-corrected chi connectivity index (χ0v) is 16.0. The van der Waals surface area contributed by atoms with Crippen LogP contribution in [0.25, 0.3) is 0 Å². The van der Waals surface area contributed by atoms with Gasteiger partial charge in [0.05, 0.1) is 37.1 Å². The quantitative estimate of drug-likeness (QED) is 0.743. The molecular formula is C21H25N3O4. The van der Waals surface area contributed by atoms with Gasteiger partial charge < -0.3 is 9.47 Å². The van der Waals surface area contributed by atoms with E-state index in [1.807, 2.05) is 37.3 Å². The van der Waals surface area contributed by atoms with Crippen molar-refractivity contribution >= 4 is 11.9 Å². The molecule has 0 N–H and O–H groups in total. The van der Waals surface area contributed by atoms with Crippen molar-refractivity contribution in [3.63, 3.8) is 0 Å². The highest BCUT2D eigenvalue weighted by atomic mass is 16.6. The number of benzene rings is 1. The average molecular weight is 383 g/mol. The number of carbonyl (C=O) groups excluding carboxylic acids is 2. The van der Waals surface area contributed by atoms with Gasteiger partial charge in [-0.3, -0.25) is 14.4 Å². The second-order valence-electron chi connectivity index (χ2n) is 7.41. The summed E-state index contributed by atoms with van der Waals surface area (Å²) in [6.07, 6.45) is 4.29. The molecule has 0 spiro atoms. The van der Waals surface area contributed by atoms with Crippen molar-refractivity contribution in [2.75, 3.05) is 13.2 Å². The molecule has 2 atom stereocenters. The number of piperidine rings is 1. The lowest BCUT2D eigenvalue weighted by atomic mass is 9.81. The van der Waals surface area contributed by atoms with Crippen LogP contribution in [0.4, 0.5) is 4.79 Å². The van der Waals surface area contributed by atoms with Gasteiger partial charge in [0, 0.05) is 18.7 Å². The van der Waals surface area contributed by atoms with Crippen LogP contribution in [0.2, 0.25) is 0 Å². The fraction of sp³-hybridized carbons (Fsp3) is 0.476. The number of nitrogens with zero attached hydrogens (tertiary/aromatic N) is 3. The molecule has 2 aromatic rings. The first-order chi connectivity index (χ1) is 13.7. The predicted molar refractivity (Wildman–Crippen MR) is 102 cm³/mol. The molecular weight excluding hydrogens is 358 g/mol. The molecule has 1 aromatic carbocycles. The monoisotopic (exact) mass is 383 g/mol. The number of aromatic nitrogens is 2. The zero-order valence-electron chi connectivity index (χ0n) is 16.0. The van der Waals surface area contributed by atoms with Crippen LogP contribution >= 0.6 is 0 Å². The third-order valence-corrected chi connectivity index (χ3v) is 5.55. The Balaban J connectivity index is 1.41. The molecule has 4 rings (SSSR count). The van der Waals surface area contributed by atoms with Gasteiger partial charge >= 0.3 is 6.09 Å². The van der Waals surface area contributed by atoms with E-state index in [4.69, 9.17) is 9.47 Å². The Labute approximate surface area is 164 Å². The summed E-state index contributed by atoms with van der Waals surface area (Å²) in [5.41, 5.74) is 1.60. The van der Waals surface area contributed by atoms with E-state index >= 15 is 0 Å². The van der Waals surface area contributed by atoms with E-state index in [0.717, 1.165) is 12.1 Å². The first kappa shape index (κ1) is 18.7. The summed E-state index contributed by atoms with van der Waals surface area (Å²) in [7, 11) is 0. The normalized spacial score (nSPS) is 24.0. The SMILES string of the molecule is CCn1cc(C(=O)C2CC3COCC(C2)N3C(=O)OCc2ccccc2)cn1. The van der Waals surface area contributed by atoms with Crippen molar-refractivity contribution in [3.8, 4) is 0 Å². The molecule has 2 unspecified atom stereocenters. The highest BCUT2D eigenvalue weighted by Gasteiger charge is 2.44. The summed E-state index contributed by atoms with van der Waals surface area (Å²) < 4.78 is 13.0. The smallest absolute Gasteiger partial charge is 0.410 e. The van der Waals surface area contributed by atoms with Crippen molar-refractivity contribution in [2.45, 2.75) is 45.0 Å². The maximum absolute atomic E-state index is 12.9. The fourth-order valence-corrected chi connectivity index (χ4v) is 4.12. The molecule has 7 nitrogen and oxygen atoms in total. The van der Waals surface area contributed by atoms with E-state index < -0.39 is 0 Å². The lowest BCUT2D eigenvalue weighted by molar-refractivity contribution is -0.0755. The van der Waals surface area contributed by atoms with E-state index in [9.17, 15) is 9.59 Å². The first-order valence-corrected chi connectivity index (χ1v) is 9.79. The molecule has 1 amide bonds. The highest BCUT2D eigenvalue weighted by Crippen LogP contribution is 2.34. The van der Waals surface area contributed by atoms with Crippen LogP contribution in [0.5, 0.6) is 0 Å². The molecule has 28 heavy (non-hydrogen) atoms. The number of amides is 1. The van der Waals surface area contributed by atoms with Crippen molar-refractivity contribution in [1.82, 2.24) is 14.7 Å². The largest absolute Gasteiger partial charge is 0.445 e. The lowest BCUT2D eigenvalue weighted by Gasteiger charge is -2.47. The predicted octanol–water partition coefficient (Wildman–Crippen LogP) is 2.90. The Morgan fingerprint density at radius 3 is 2.54 bits per heavy atom. The molecule has 3 heterocycles. The fourth-order valence-electron chi connectivity index (χ4n) is 4.12. The molecule has 0 radical (unpaired) electrons. The van der Waals surface area contributed by atoms with Crippen LogP contribution < -0.4 is 0 Å². The molecule has 2 saturated heterocycles. The standard InChI is InChI=1S/C21H25N3O4/c1-2-23-11-17(10-22-23)20(25)16-8-18-13-27-14-19(9-16)24(18)21(26)28-12-15-6-4-3-5-7-15/h3-7,10-11,16,18-19H,2,8-9,12-14H2,1H3. The summed E-state index contributed by atoms with van der Waals surface area (Å²) >= 11 is 0. The number of morpholine rings is 1. The van der Waals surface area contributed by atoms with E-state index in [-0.39, 0.29) is 36.5 Å². The molecule has 2 aliphatic rings. The summed E-state index contributed by atoms with van der Waals surface area (Å²) in [5, 5.41) is 4.21. The number of ether oxygens (including phenoxy) is 2. The third kappa shape index (κ3) is 3.80. The summed E-state index contributed by atoms with van der Waals surface area (Å²) in [5.74, 6) is -0.0134. The van der Waals surface area contributed by atoms with E-state index in [1.54, 1.807) is 22.0 Å². The number of rotatable bonds is 5. The molecule has 148 valence electrons. The van der Waals surface area contributed by atoms with Gasteiger partial charge in [-0.05, 0) is 25.3 Å². The molecule has 0 saturated carbocycles. The minimum Gasteiger partial charge on any atom is -0.445 e. The Kier molecular flexibility index (Phi) is 5.43. The first-order valence-electron chi connectivity index (χ1n) is 9.79. The maximum Gasteiger partial charge on any atom is 0.410 e. The van der Waals surface area contributed by atoms with Crippen LogP contribution in [0.3, 0.4) is 0 Å². The number of fused-ring (bicyclic) bond motifs is 2. The van der Waals surface area contributed by atoms with Crippen molar-refractivity contribution < 1.29 is 19.1 Å². The topological polar surface area (TPSA) is 73.7 Å². The number of ketones is 1. The van der Waals surface area contributed by atoms with Gasteiger partial charge in [0.25, 0.3) is 0 Å². The summed E-state index contributed by atoms with van der Waals surface area (Å²) in [6, 6.07) is 9.36. The van der Waals surface area contributed by atoms with E-state index in [2.05, 4.69) is 5.10 Å². The number of Topliss-reactive ketones (excluding diaryl/α,β-unsaturated/α-hetero) is 1. The van der Waals surface area contributed by atoms with Crippen molar-refractivity contribution in [2.24, 2.45) is 5.92 Å². The maximum atomic E-state index is 12.9. The third-order valence-electron chi connectivity index (χ3n) is 5.55. The Hall–Kier alpha value is -2.67. The van der Waals surface area contributed by atoms with Crippen LogP contribution in [-0.2, 0) is 22.6 Å². The van der Waals surface area contributed by atoms with Gasteiger partial charge in [0.1, 0.15) is 6.61 Å². The second-order valence-corrected chi connectivity index (χ2v) is 7.41. The second kappa shape index (κ2) is 8.14. The van der Waals surface area contributed by atoms with Crippen LogP contribution in [0.1, 0.15) is 35.7 Å². The Morgan fingerprint density at radius 1 is 1.18 bits per heavy atom. The summed E-state index contributed by atoms with van der Waals surface area (Å²) in [4.78, 5) is 27.4. The minimum atomic E-state index is -0.327. The average Bonchev–Trinajstić information content (AvgIpc) is 3.20. The Morgan fingerprint density at radius 2 is 1.89 bits per heavy atom. The molecule has 2 bridgehead atoms. The van der Waals surface area contributed by atoms with Crippen LogP contribution in [-0.4, -0.2) is 51.9 Å². The van der Waals surface area contributed by atoms with Crippen molar-refractivity contribution in [1.29, 1.82) is 0 Å². The van der Waals surface area contributed by atoms with Gasteiger partial charge in [-0.15, -0.1) is 0 Å². The van der Waals surface area contributed by atoms with E-state index in [1.165, 1.54) is 0 Å². The van der Waals surface area contributed by atoms with Gasteiger partial charge in [-0.1, -0.05) is 30.3 Å². The van der Waals surface area contributed by atoms with Crippen molar-refractivity contribution in [3.05, 3.63) is 53.9 Å². The molecule has 7 heteroatoms. The van der Waals surface area contributed by atoms with Gasteiger partial charge in [-0.25, -0.2) is 4.79 Å². The minimum absolute atomic E-state index is 0.105. The molecule has 2 fully saturated rings. The van der Waals surface area contributed by atoms with Crippen LogP contribution in [0.15, 0.2) is 42.7 Å². The Bertz CT molecular complexity index is 821. The number of aryl methyl sites for hydroxylation is 1. The lowest BCUT2D eigenvalue weighted by Crippen LogP contribution is -2.59. The zero-order chi connectivity index (χ0) is 19.5. The van der Waals surface area contributed by atoms with E-state index in [0.29, 0.717) is 31.6 Å². The molecule has 1 aromatic heterocycles. The highest BCUT2D eigenvalue weighted by molar-refractivity contribution is 5.97. The molecule has 0 aliphatic carbocycles. The van der Waals surface area contributed by atoms with Gasteiger partial charge in [-0.2, -0.15) is 5.10 Å². The van der Waals surface area contributed by atoms with Gasteiger partial charge in [0.15, 0.2) is 5.78 Å². The van der Waals surface area contributed by atoms with Gasteiger partial charge in [0.2, 0.25) is 0 Å². The number of hydrogen-bond donors (Lipinski definition) is 0. The number of carbonyl (C=O) groups is 2.